The number of anilines is 1. The first kappa shape index (κ1) is 17.1. The van der Waals surface area contributed by atoms with Crippen LogP contribution in [0, 0.1) is 10.1 Å². The molecule has 0 spiro atoms. The molecule has 0 aliphatic heterocycles. The van der Waals surface area contributed by atoms with Crippen LogP contribution in [0.15, 0.2) is 66.2 Å². The van der Waals surface area contributed by atoms with Crippen molar-refractivity contribution in [2.24, 2.45) is 5.10 Å². The van der Waals surface area contributed by atoms with Crippen LogP contribution in [-0.4, -0.2) is 36.0 Å². The van der Waals surface area contributed by atoms with Crippen LogP contribution in [0.5, 0.6) is 5.75 Å². The van der Waals surface area contributed by atoms with Gasteiger partial charge in [0, 0.05) is 17.7 Å². The highest BCUT2D eigenvalue weighted by atomic mass is 16.6. The maximum Gasteiger partial charge on any atom is 0.270 e. The summed E-state index contributed by atoms with van der Waals surface area (Å²) in [7, 11) is 0. The second kappa shape index (κ2) is 7.11. The molecule has 10 heteroatoms. The normalized spacial score (nSPS) is 11.1. The Hall–Kier alpha value is -4.34. The van der Waals surface area contributed by atoms with Gasteiger partial charge in [-0.25, -0.2) is 14.6 Å². The number of nitro groups is 1. The van der Waals surface area contributed by atoms with Crippen LogP contribution in [-0.2, 0) is 0 Å². The summed E-state index contributed by atoms with van der Waals surface area (Å²) in [5.74, 6) is 0.286. The van der Waals surface area contributed by atoms with E-state index >= 15 is 0 Å². The smallest absolute Gasteiger partial charge is 0.270 e. The van der Waals surface area contributed by atoms with Gasteiger partial charge in [0.2, 0.25) is 0 Å². The van der Waals surface area contributed by atoms with Gasteiger partial charge in [-0.1, -0.05) is 18.2 Å². The largest absolute Gasteiger partial charge is 0.507 e. The van der Waals surface area contributed by atoms with Gasteiger partial charge in [0.15, 0.2) is 11.5 Å². The topological polar surface area (TPSA) is 131 Å². The lowest BCUT2D eigenvalue weighted by molar-refractivity contribution is -0.384. The Balaban J connectivity index is 1.63. The van der Waals surface area contributed by atoms with Crippen molar-refractivity contribution in [1.29, 1.82) is 0 Å². The molecule has 2 N–H and O–H groups in total. The second-order valence-corrected chi connectivity index (χ2v) is 5.72. The van der Waals surface area contributed by atoms with E-state index in [1.54, 1.807) is 10.9 Å². The summed E-state index contributed by atoms with van der Waals surface area (Å²) in [6.45, 7) is 0. The molecule has 2 aromatic heterocycles. The van der Waals surface area contributed by atoms with Gasteiger partial charge in [-0.3, -0.25) is 15.5 Å². The van der Waals surface area contributed by atoms with Crippen molar-refractivity contribution in [1.82, 2.24) is 19.7 Å². The lowest BCUT2D eigenvalue weighted by atomic mass is 10.2. The summed E-state index contributed by atoms with van der Waals surface area (Å²) >= 11 is 0. The molecular formula is C18H13N7O3. The summed E-state index contributed by atoms with van der Waals surface area (Å²) in [4.78, 5) is 18.7. The van der Waals surface area contributed by atoms with E-state index in [1.807, 2.05) is 30.3 Å². The van der Waals surface area contributed by atoms with Crippen LogP contribution >= 0.6 is 0 Å². The van der Waals surface area contributed by atoms with Gasteiger partial charge in [0.1, 0.15) is 12.1 Å². The number of aromatic hydroxyl groups is 1. The Morgan fingerprint density at radius 3 is 2.79 bits per heavy atom. The van der Waals surface area contributed by atoms with Gasteiger partial charge in [-0.2, -0.15) is 10.2 Å². The molecule has 10 nitrogen and oxygen atoms in total. The number of phenolic OH excluding ortho intramolecular Hbond substituents is 1. The predicted molar refractivity (Wildman–Crippen MR) is 103 cm³/mol. The molecular weight excluding hydrogens is 362 g/mol. The highest BCUT2D eigenvalue weighted by Crippen LogP contribution is 2.23. The van der Waals surface area contributed by atoms with E-state index in [1.165, 1.54) is 30.7 Å². The molecule has 0 aliphatic carbocycles. The van der Waals surface area contributed by atoms with E-state index in [0.717, 1.165) is 5.69 Å². The number of hydrogen-bond donors (Lipinski definition) is 2. The van der Waals surface area contributed by atoms with Gasteiger partial charge < -0.3 is 5.11 Å². The molecule has 2 aromatic carbocycles. The summed E-state index contributed by atoms with van der Waals surface area (Å²) < 4.78 is 1.68. The van der Waals surface area contributed by atoms with Crippen molar-refractivity contribution in [2.45, 2.75) is 0 Å². The average Bonchev–Trinajstić information content (AvgIpc) is 3.15. The van der Waals surface area contributed by atoms with E-state index in [2.05, 4.69) is 25.6 Å². The number of aromatic nitrogens is 4. The Labute approximate surface area is 158 Å². The summed E-state index contributed by atoms with van der Waals surface area (Å²) in [6.07, 6.45) is 4.27. The average molecular weight is 375 g/mol. The molecule has 2 heterocycles. The van der Waals surface area contributed by atoms with Crippen LogP contribution in [0.4, 0.5) is 11.5 Å². The predicted octanol–water partition coefficient (Wildman–Crippen LogP) is 2.88. The first-order valence-electron chi connectivity index (χ1n) is 8.14. The number of hydrazone groups is 1. The molecule has 0 bridgehead atoms. The molecule has 0 atom stereocenters. The first-order chi connectivity index (χ1) is 13.6. The monoisotopic (exact) mass is 375 g/mol. The number of non-ortho nitro benzene ring substituents is 1. The molecule has 0 saturated heterocycles. The molecule has 0 amide bonds. The molecule has 0 saturated carbocycles. The van der Waals surface area contributed by atoms with Crippen LogP contribution in [0.3, 0.4) is 0 Å². The van der Waals surface area contributed by atoms with E-state index < -0.39 is 4.92 Å². The highest BCUT2D eigenvalue weighted by Gasteiger charge is 2.11. The van der Waals surface area contributed by atoms with E-state index in [-0.39, 0.29) is 17.0 Å². The summed E-state index contributed by atoms with van der Waals surface area (Å²) in [5, 5.41) is 29.7. The van der Waals surface area contributed by atoms with Crippen molar-refractivity contribution in [3.63, 3.8) is 0 Å². The SMILES string of the molecule is O=[N+]([O-])c1ccc(O)c(/C=N\Nc2ncnc3c2cnn3-c2ccccc2)c1. The zero-order chi connectivity index (χ0) is 19.5. The molecule has 0 fully saturated rings. The molecule has 0 aliphatic rings. The lowest BCUT2D eigenvalue weighted by Gasteiger charge is -2.04. The number of benzene rings is 2. The number of hydrogen-bond acceptors (Lipinski definition) is 8. The first-order valence-corrected chi connectivity index (χ1v) is 8.14. The summed E-state index contributed by atoms with van der Waals surface area (Å²) in [6, 6.07) is 13.2. The Kier molecular flexibility index (Phi) is 4.34. The number of nitro benzene ring substituents is 1. The maximum absolute atomic E-state index is 10.9. The Morgan fingerprint density at radius 1 is 1.18 bits per heavy atom. The molecule has 138 valence electrons. The van der Waals surface area contributed by atoms with Gasteiger partial charge >= 0.3 is 0 Å². The van der Waals surface area contributed by atoms with Crippen molar-refractivity contribution < 1.29 is 10.0 Å². The number of para-hydroxylation sites is 1. The quantitative estimate of drug-likeness (QED) is 0.311. The van der Waals surface area contributed by atoms with E-state index in [9.17, 15) is 15.2 Å². The van der Waals surface area contributed by atoms with Crippen molar-refractivity contribution >= 4 is 28.8 Å². The molecule has 0 unspecified atom stereocenters. The van der Waals surface area contributed by atoms with E-state index in [0.29, 0.717) is 16.9 Å². The molecule has 4 aromatic rings. The van der Waals surface area contributed by atoms with Crippen LogP contribution in [0.25, 0.3) is 16.7 Å². The zero-order valence-electron chi connectivity index (χ0n) is 14.3. The lowest BCUT2D eigenvalue weighted by Crippen LogP contribution is -1.99. The number of rotatable bonds is 5. The fourth-order valence-corrected chi connectivity index (χ4v) is 2.61. The number of nitrogens with one attached hydrogen (secondary N) is 1. The van der Waals surface area contributed by atoms with E-state index in [4.69, 9.17) is 0 Å². The highest BCUT2D eigenvalue weighted by molar-refractivity contribution is 5.89. The Bertz CT molecular complexity index is 1190. The van der Waals surface area contributed by atoms with Gasteiger partial charge in [-0.05, 0) is 18.2 Å². The van der Waals surface area contributed by atoms with Gasteiger partial charge in [0.05, 0.1) is 28.4 Å². The van der Waals surface area contributed by atoms with Crippen LogP contribution in [0.2, 0.25) is 0 Å². The number of nitrogens with zero attached hydrogens (tertiary/aromatic N) is 6. The standard InChI is InChI=1S/C18H13N7O3/c26-16-7-6-14(25(27)28)8-12(16)9-21-23-17-15-10-22-24(18(15)20-11-19-17)13-4-2-1-3-5-13/h1-11,26H,(H,19,20,23)/b21-9-. The summed E-state index contributed by atoms with van der Waals surface area (Å²) in [5.41, 5.74) is 4.26. The third-order valence-corrected chi connectivity index (χ3v) is 3.96. The fourth-order valence-electron chi connectivity index (χ4n) is 2.61. The van der Waals surface area contributed by atoms with Crippen LogP contribution in [0.1, 0.15) is 5.56 Å². The van der Waals surface area contributed by atoms with Crippen molar-refractivity contribution in [3.05, 3.63) is 76.7 Å². The molecule has 4 rings (SSSR count). The van der Waals surface area contributed by atoms with Crippen molar-refractivity contribution in [2.75, 3.05) is 5.43 Å². The fraction of sp³-hybridized carbons (Fsp3) is 0. The molecule has 28 heavy (non-hydrogen) atoms. The minimum atomic E-state index is -0.545. The third-order valence-electron chi connectivity index (χ3n) is 3.96. The van der Waals surface area contributed by atoms with Crippen molar-refractivity contribution in [3.8, 4) is 11.4 Å². The zero-order valence-corrected chi connectivity index (χ0v) is 14.3. The second-order valence-electron chi connectivity index (χ2n) is 5.72. The number of fused-ring (bicyclic) bond motifs is 1. The maximum atomic E-state index is 10.9. The molecule has 0 radical (unpaired) electrons. The third kappa shape index (κ3) is 3.21. The minimum absolute atomic E-state index is 0.124. The van der Waals surface area contributed by atoms with Gasteiger partial charge in [-0.15, -0.1) is 0 Å². The van der Waals surface area contributed by atoms with Crippen LogP contribution < -0.4 is 5.43 Å². The Morgan fingerprint density at radius 2 is 2.00 bits per heavy atom. The van der Waals surface area contributed by atoms with Gasteiger partial charge in [0.25, 0.3) is 5.69 Å². The minimum Gasteiger partial charge on any atom is -0.507 e. The number of phenols is 1.